The minimum atomic E-state index is -0.143. The third kappa shape index (κ3) is 4.46. The van der Waals surface area contributed by atoms with Crippen molar-refractivity contribution in [1.82, 2.24) is 0 Å². The molecule has 0 bridgehead atoms. The molecule has 0 aromatic heterocycles. The molecule has 0 saturated heterocycles. The minimum absolute atomic E-state index is 0.0611. The molecule has 1 aromatic rings. The van der Waals surface area contributed by atoms with Gasteiger partial charge in [0, 0.05) is 16.5 Å². The molecule has 0 saturated carbocycles. The average molecular weight is 402 g/mol. The maximum Gasteiger partial charge on any atom is 0.0581 e. The highest BCUT2D eigenvalue weighted by Crippen LogP contribution is 2.44. The van der Waals surface area contributed by atoms with Gasteiger partial charge >= 0.3 is 0 Å². The number of nitrogens with zero attached hydrogens (tertiary/aromatic N) is 1. The molecule has 2 aliphatic rings. The molecule has 0 heterocycles. The van der Waals surface area contributed by atoms with Gasteiger partial charge in [-0.25, -0.2) is 0 Å². The molecule has 160 valence electrons. The van der Waals surface area contributed by atoms with E-state index in [1.807, 2.05) is 0 Å². The van der Waals surface area contributed by atoms with Crippen LogP contribution in [0, 0.1) is 16.2 Å². The summed E-state index contributed by atoms with van der Waals surface area (Å²) in [4.78, 5) is 5.23. The predicted octanol–water partition coefficient (Wildman–Crippen LogP) is 8.32. The Morgan fingerprint density at radius 3 is 2.40 bits per heavy atom. The summed E-state index contributed by atoms with van der Waals surface area (Å²) in [6.45, 7) is 22.4. The van der Waals surface area contributed by atoms with Crippen molar-refractivity contribution < 1.29 is 0 Å². The number of rotatable bonds is 3. The summed E-state index contributed by atoms with van der Waals surface area (Å²) < 4.78 is 0. The van der Waals surface area contributed by atoms with Crippen molar-refractivity contribution in [2.75, 3.05) is 0 Å². The van der Waals surface area contributed by atoms with E-state index in [1.165, 1.54) is 27.8 Å². The highest BCUT2D eigenvalue weighted by molar-refractivity contribution is 6.07. The molecule has 30 heavy (non-hydrogen) atoms. The maximum atomic E-state index is 5.23. The van der Waals surface area contributed by atoms with Crippen LogP contribution < -0.4 is 0 Å². The van der Waals surface area contributed by atoms with E-state index in [0.717, 1.165) is 30.7 Å². The van der Waals surface area contributed by atoms with Gasteiger partial charge in [0.05, 0.1) is 5.71 Å². The van der Waals surface area contributed by atoms with E-state index in [2.05, 4.69) is 104 Å². The molecule has 3 rings (SSSR count). The molecular weight excluding hydrogens is 362 g/mol. The molecule has 2 aliphatic carbocycles. The van der Waals surface area contributed by atoms with Crippen molar-refractivity contribution in [2.24, 2.45) is 21.2 Å². The molecule has 0 radical (unpaired) electrons. The van der Waals surface area contributed by atoms with E-state index < -0.39 is 0 Å². The third-order valence-corrected chi connectivity index (χ3v) is 6.77. The smallest absolute Gasteiger partial charge is 0.0581 e. The Kier molecular flexibility index (Phi) is 5.89. The molecule has 1 aromatic carbocycles. The first-order chi connectivity index (χ1) is 13.8. The van der Waals surface area contributed by atoms with Gasteiger partial charge in [0.2, 0.25) is 0 Å². The molecular formula is C29H39N. The molecule has 0 aliphatic heterocycles. The zero-order chi connectivity index (χ0) is 22.3. The van der Waals surface area contributed by atoms with Crippen LogP contribution in [0.1, 0.15) is 84.9 Å². The highest BCUT2D eigenvalue weighted by Gasteiger charge is 2.37. The van der Waals surface area contributed by atoms with Gasteiger partial charge in [-0.3, -0.25) is 4.99 Å². The van der Waals surface area contributed by atoms with Crippen LogP contribution >= 0.6 is 0 Å². The van der Waals surface area contributed by atoms with Crippen LogP contribution in [0.5, 0.6) is 0 Å². The number of hydrogen-bond acceptors (Lipinski definition) is 1. The van der Waals surface area contributed by atoms with Crippen LogP contribution in [0.15, 0.2) is 64.8 Å². The first kappa shape index (κ1) is 22.5. The van der Waals surface area contributed by atoms with Crippen molar-refractivity contribution in [1.29, 1.82) is 0 Å². The maximum absolute atomic E-state index is 5.23. The lowest BCUT2D eigenvalue weighted by Crippen LogP contribution is -2.33. The second kappa shape index (κ2) is 7.84. The van der Waals surface area contributed by atoms with E-state index in [1.54, 1.807) is 0 Å². The van der Waals surface area contributed by atoms with E-state index in [9.17, 15) is 0 Å². The van der Waals surface area contributed by atoms with Gasteiger partial charge in [-0.1, -0.05) is 90.1 Å². The largest absolute Gasteiger partial charge is 0.256 e. The Morgan fingerprint density at radius 2 is 1.80 bits per heavy atom. The van der Waals surface area contributed by atoms with Gasteiger partial charge in [-0.05, 0) is 66.9 Å². The Bertz CT molecular complexity index is 967. The predicted molar refractivity (Wildman–Crippen MR) is 133 cm³/mol. The molecule has 1 atom stereocenters. The number of hydrogen-bond donors (Lipinski definition) is 0. The summed E-state index contributed by atoms with van der Waals surface area (Å²) in [6.07, 6.45) is 12.6. The zero-order valence-corrected chi connectivity index (χ0v) is 20.3. The summed E-state index contributed by atoms with van der Waals surface area (Å²) in [7, 11) is 0. The lowest BCUT2D eigenvalue weighted by molar-refractivity contribution is 0.480. The van der Waals surface area contributed by atoms with Crippen LogP contribution in [-0.4, -0.2) is 5.71 Å². The number of fused-ring (bicyclic) bond motifs is 1. The molecule has 1 heteroatoms. The lowest BCUT2D eigenvalue weighted by Gasteiger charge is -2.38. The van der Waals surface area contributed by atoms with Crippen LogP contribution in [0.3, 0.4) is 0 Å². The standard InChI is InChI=1S/C29H39N/c1-20-18-25(28(6,7)8)16-17-29(20,9)26(30-21(2)27(3,4)5)24-15-14-22-12-10-11-13-23(22)19-24/h11,13-16,18-19H,2,10,12,17H2,1,3-9H3/b30-26-. The van der Waals surface area contributed by atoms with E-state index in [-0.39, 0.29) is 16.2 Å². The van der Waals surface area contributed by atoms with Crippen molar-refractivity contribution >= 4 is 11.8 Å². The summed E-state index contributed by atoms with van der Waals surface area (Å²) in [5, 5.41) is 0. The average Bonchev–Trinajstić information content (AvgIpc) is 2.66. The molecule has 0 amide bonds. The summed E-state index contributed by atoms with van der Waals surface area (Å²) in [6, 6.07) is 6.90. The monoisotopic (exact) mass is 401 g/mol. The van der Waals surface area contributed by atoms with Crippen molar-refractivity contribution in [3.8, 4) is 0 Å². The first-order valence-electron chi connectivity index (χ1n) is 11.3. The zero-order valence-electron chi connectivity index (χ0n) is 20.3. The van der Waals surface area contributed by atoms with E-state index in [0.29, 0.717) is 0 Å². The molecule has 1 unspecified atom stereocenters. The fraction of sp³-hybridized carbons (Fsp3) is 0.483. The van der Waals surface area contributed by atoms with Crippen molar-refractivity contribution in [2.45, 2.75) is 74.7 Å². The Hall–Kier alpha value is -2.15. The Labute approximate surface area is 184 Å². The second-order valence-corrected chi connectivity index (χ2v) is 11.3. The normalized spacial score (nSPS) is 22.3. The topological polar surface area (TPSA) is 12.4 Å². The van der Waals surface area contributed by atoms with Crippen LogP contribution in [0.4, 0.5) is 0 Å². The summed E-state index contributed by atoms with van der Waals surface area (Å²) >= 11 is 0. The van der Waals surface area contributed by atoms with Crippen molar-refractivity contribution in [3.05, 3.63) is 76.5 Å². The second-order valence-electron chi connectivity index (χ2n) is 11.3. The Balaban J connectivity index is 2.14. The minimum Gasteiger partial charge on any atom is -0.256 e. The highest BCUT2D eigenvalue weighted by atomic mass is 14.8. The molecule has 0 fully saturated rings. The number of aryl methyl sites for hydroxylation is 1. The Morgan fingerprint density at radius 1 is 1.10 bits per heavy atom. The van der Waals surface area contributed by atoms with Gasteiger partial charge < -0.3 is 0 Å². The number of benzene rings is 1. The molecule has 1 nitrogen and oxygen atoms in total. The van der Waals surface area contributed by atoms with Gasteiger partial charge in [0.1, 0.15) is 0 Å². The first-order valence-corrected chi connectivity index (χ1v) is 11.3. The van der Waals surface area contributed by atoms with E-state index in [4.69, 9.17) is 4.99 Å². The summed E-state index contributed by atoms with van der Waals surface area (Å²) in [5.74, 6) is 0. The van der Waals surface area contributed by atoms with Gasteiger partial charge in [-0.15, -0.1) is 0 Å². The third-order valence-electron chi connectivity index (χ3n) is 6.77. The van der Waals surface area contributed by atoms with Crippen molar-refractivity contribution in [3.63, 3.8) is 0 Å². The summed E-state index contributed by atoms with van der Waals surface area (Å²) in [5.41, 5.74) is 8.81. The molecule has 0 spiro atoms. The van der Waals surface area contributed by atoms with Gasteiger partial charge in [0.25, 0.3) is 0 Å². The fourth-order valence-electron chi connectivity index (χ4n) is 4.12. The van der Waals surface area contributed by atoms with Gasteiger partial charge in [-0.2, -0.15) is 0 Å². The lowest BCUT2D eigenvalue weighted by atomic mass is 9.67. The molecule has 0 N–H and O–H groups in total. The fourth-order valence-corrected chi connectivity index (χ4v) is 4.12. The SMILES string of the molecule is C=C(/N=C(/c1ccc2c(c1)C=CCC2)C1(C)CC=C(C(C)(C)C)C=C1C)C(C)(C)C. The van der Waals surface area contributed by atoms with Crippen LogP contribution in [-0.2, 0) is 6.42 Å². The van der Waals surface area contributed by atoms with Crippen LogP contribution in [0.25, 0.3) is 6.08 Å². The van der Waals surface area contributed by atoms with Gasteiger partial charge in [0.15, 0.2) is 0 Å². The quantitative estimate of drug-likeness (QED) is 0.451. The van der Waals surface area contributed by atoms with E-state index >= 15 is 0 Å². The van der Waals surface area contributed by atoms with Crippen LogP contribution in [0.2, 0.25) is 0 Å². The number of aliphatic imine (C=N–C) groups is 1. The number of allylic oxidation sites excluding steroid dienone is 6.